The lowest BCUT2D eigenvalue weighted by atomic mass is 10.1. The second-order valence-electron chi connectivity index (χ2n) is 4.13. The van der Waals surface area contributed by atoms with E-state index in [1.807, 2.05) is 5.32 Å². The van der Waals surface area contributed by atoms with E-state index in [1.54, 1.807) is 0 Å². The van der Waals surface area contributed by atoms with Crippen LogP contribution in [0.5, 0.6) is 0 Å². The van der Waals surface area contributed by atoms with Crippen molar-refractivity contribution < 1.29 is 29.1 Å². The lowest BCUT2D eigenvalue weighted by molar-refractivity contribution is -0.139. The van der Waals surface area contributed by atoms with Crippen LogP contribution in [0.3, 0.4) is 0 Å². The molecule has 0 aromatic heterocycles. The molecule has 0 aliphatic carbocycles. The molecule has 0 fully saturated rings. The highest BCUT2D eigenvalue weighted by Crippen LogP contribution is 1.99. The Balaban J connectivity index is 4.80. The molecular formula is C10H17N5O6. The molecule has 5 amide bonds. The third kappa shape index (κ3) is 8.02. The number of urea groups is 1. The summed E-state index contributed by atoms with van der Waals surface area (Å²) in [7, 11) is 0. The first-order valence-corrected chi connectivity index (χ1v) is 5.76. The van der Waals surface area contributed by atoms with Crippen molar-refractivity contribution in [2.75, 3.05) is 13.1 Å². The van der Waals surface area contributed by atoms with Gasteiger partial charge in [-0.1, -0.05) is 0 Å². The number of hydrogen-bond donors (Lipinski definition) is 5. The van der Waals surface area contributed by atoms with Crippen LogP contribution in [-0.4, -0.2) is 58.9 Å². The minimum atomic E-state index is -1.41. The van der Waals surface area contributed by atoms with E-state index < -0.39 is 48.9 Å². The van der Waals surface area contributed by atoms with Crippen LogP contribution in [-0.2, 0) is 19.2 Å². The Morgan fingerprint density at radius 1 is 0.952 bits per heavy atom. The van der Waals surface area contributed by atoms with Crippen molar-refractivity contribution in [1.29, 1.82) is 0 Å². The fraction of sp³-hybridized carbons (Fsp3) is 0.500. The lowest BCUT2D eigenvalue weighted by Gasteiger charge is -2.22. The molecule has 11 nitrogen and oxygen atoms in total. The average Bonchev–Trinajstić information content (AvgIpc) is 2.31. The van der Waals surface area contributed by atoms with Gasteiger partial charge >= 0.3 is 12.0 Å². The monoisotopic (exact) mass is 303 g/mol. The molecule has 118 valence electrons. The molecule has 0 unspecified atom stereocenters. The van der Waals surface area contributed by atoms with Crippen LogP contribution < -0.4 is 22.5 Å². The summed E-state index contributed by atoms with van der Waals surface area (Å²) in [5.41, 5.74) is 14.7. The topological polar surface area (TPSA) is 199 Å². The van der Waals surface area contributed by atoms with Crippen molar-refractivity contribution in [2.24, 2.45) is 17.2 Å². The molecule has 21 heavy (non-hydrogen) atoms. The number of aliphatic carboxylic acids is 1. The van der Waals surface area contributed by atoms with Gasteiger partial charge in [0.05, 0.1) is 0 Å². The van der Waals surface area contributed by atoms with E-state index in [1.165, 1.54) is 0 Å². The van der Waals surface area contributed by atoms with Gasteiger partial charge in [0.25, 0.3) is 0 Å². The maximum atomic E-state index is 11.8. The van der Waals surface area contributed by atoms with Crippen molar-refractivity contribution >= 4 is 29.7 Å². The Morgan fingerprint density at radius 3 is 1.76 bits per heavy atom. The van der Waals surface area contributed by atoms with Gasteiger partial charge in [-0.3, -0.25) is 14.4 Å². The van der Waals surface area contributed by atoms with Crippen LogP contribution in [0, 0.1) is 0 Å². The third-order valence-electron chi connectivity index (χ3n) is 2.26. The van der Waals surface area contributed by atoms with E-state index >= 15 is 0 Å². The largest absolute Gasteiger partial charge is 0.480 e. The molecule has 0 radical (unpaired) electrons. The van der Waals surface area contributed by atoms with Gasteiger partial charge in [-0.05, 0) is 6.42 Å². The predicted molar refractivity (Wildman–Crippen MR) is 68.3 cm³/mol. The molecule has 1 atom stereocenters. The Labute approximate surface area is 119 Å². The van der Waals surface area contributed by atoms with Gasteiger partial charge in [-0.15, -0.1) is 0 Å². The molecule has 0 heterocycles. The minimum absolute atomic E-state index is 0.239. The molecule has 0 saturated heterocycles. The number of carboxylic acids is 1. The number of carbonyl (C=O) groups excluding carboxylic acids is 4. The molecule has 0 bridgehead atoms. The van der Waals surface area contributed by atoms with Crippen molar-refractivity contribution in [2.45, 2.75) is 18.9 Å². The van der Waals surface area contributed by atoms with Gasteiger partial charge in [0.1, 0.15) is 19.1 Å². The number of nitrogens with zero attached hydrogens (tertiary/aromatic N) is 1. The highest BCUT2D eigenvalue weighted by atomic mass is 16.4. The van der Waals surface area contributed by atoms with Crippen LogP contribution in [0.25, 0.3) is 0 Å². The van der Waals surface area contributed by atoms with E-state index in [4.69, 9.17) is 22.3 Å². The Kier molecular flexibility index (Phi) is 7.21. The highest BCUT2D eigenvalue weighted by Gasteiger charge is 2.25. The number of nitrogens with two attached hydrogens (primary N) is 3. The Bertz CT molecular complexity index is 435. The van der Waals surface area contributed by atoms with Gasteiger partial charge in [0.2, 0.25) is 17.7 Å². The summed E-state index contributed by atoms with van der Waals surface area (Å²) in [4.78, 5) is 55.6. The summed E-state index contributed by atoms with van der Waals surface area (Å²) in [6.45, 7) is -1.23. The molecule has 0 aromatic carbocycles. The summed E-state index contributed by atoms with van der Waals surface area (Å²) in [6.07, 6.45) is -0.500. The normalized spacial score (nSPS) is 11.2. The van der Waals surface area contributed by atoms with Crippen molar-refractivity contribution in [3.63, 3.8) is 0 Å². The fourth-order valence-corrected chi connectivity index (χ4v) is 1.36. The number of hydrogen-bond acceptors (Lipinski definition) is 5. The number of rotatable bonds is 9. The van der Waals surface area contributed by atoms with Crippen LogP contribution in [0.15, 0.2) is 0 Å². The van der Waals surface area contributed by atoms with Crippen LogP contribution in [0.1, 0.15) is 12.8 Å². The van der Waals surface area contributed by atoms with Gasteiger partial charge in [0, 0.05) is 6.42 Å². The van der Waals surface area contributed by atoms with E-state index in [9.17, 15) is 24.0 Å². The van der Waals surface area contributed by atoms with Crippen LogP contribution in [0.2, 0.25) is 0 Å². The van der Waals surface area contributed by atoms with Crippen molar-refractivity contribution in [3.8, 4) is 0 Å². The first-order chi connectivity index (χ1) is 9.63. The van der Waals surface area contributed by atoms with E-state index in [-0.39, 0.29) is 12.8 Å². The number of amides is 5. The SMILES string of the molecule is NC(=O)CC[C@@H](NC(=O)N(CC(N)=O)CC(N)=O)C(=O)O. The van der Waals surface area contributed by atoms with E-state index in [2.05, 4.69) is 0 Å². The molecule has 0 rings (SSSR count). The zero-order chi connectivity index (χ0) is 16.6. The van der Waals surface area contributed by atoms with Crippen LogP contribution >= 0.6 is 0 Å². The van der Waals surface area contributed by atoms with Gasteiger partial charge in [-0.2, -0.15) is 0 Å². The summed E-state index contributed by atoms with van der Waals surface area (Å²) in [6, 6.07) is -2.43. The van der Waals surface area contributed by atoms with Crippen molar-refractivity contribution in [1.82, 2.24) is 10.2 Å². The maximum absolute atomic E-state index is 11.8. The fourth-order valence-electron chi connectivity index (χ4n) is 1.36. The average molecular weight is 303 g/mol. The predicted octanol–water partition coefficient (Wildman–Crippen LogP) is -3.31. The highest BCUT2D eigenvalue weighted by molar-refractivity contribution is 5.89. The number of primary amides is 3. The molecule has 0 spiro atoms. The zero-order valence-electron chi connectivity index (χ0n) is 11.1. The molecule has 0 aliphatic rings. The number of carbonyl (C=O) groups is 5. The minimum Gasteiger partial charge on any atom is -0.480 e. The van der Waals surface area contributed by atoms with Crippen LogP contribution in [0.4, 0.5) is 4.79 Å². The second kappa shape index (κ2) is 8.35. The first-order valence-electron chi connectivity index (χ1n) is 5.76. The maximum Gasteiger partial charge on any atom is 0.326 e. The number of carboxylic acid groups (broad SMARTS) is 1. The standard InChI is InChI=1S/C10H17N5O6/c11-6(16)2-1-5(9(19)20)14-10(21)15(3-7(12)17)4-8(13)18/h5H,1-4H2,(H2,11,16)(H2,12,17)(H2,13,18)(H,14,21)(H,19,20)/t5-/m1/s1. The molecule has 0 aliphatic heterocycles. The molecule has 0 saturated carbocycles. The zero-order valence-corrected chi connectivity index (χ0v) is 11.1. The number of nitrogens with one attached hydrogen (secondary N) is 1. The molecular weight excluding hydrogens is 286 g/mol. The quantitative estimate of drug-likeness (QED) is 0.295. The smallest absolute Gasteiger partial charge is 0.326 e. The van der Waals surface area contributed by atoms with E-state index in [0.717, 1.165) is 0 Å². The third-order valence-corrected chi connectivity index (χ3v) is 2.26. The molecule has 11 heteroatoms. The summed E-state index contributed by atoms with van der Waals surface area (Å²) < 4.78 is 0. The van der Waals surface area contributed by atoms with Crippen molar-refractivity contribution in [3.05, 3.63) is 0 Å². The summed E-state index contributed by atoms with van der Waals surface area (Å²) >= 11 is 0. The summed E-state index contributed by atoms with van der Waals surface area (Å²) in [5.74, 6) is -3.95. The Hall–Kier alpha value is -2.85. The molecule has 0 aromatic rings. The lowest BCUT2D eigenvalue weighted by Crippen LogP contribution is -2.52. The van der Waals surface area contributed by atoms with Gasteiger partial charge in [-0.25, -0.2) is 9.59 Å². The Morgan fingerprint density at radius 2 is 1.43 bits per heavy atom. The van der Waals surface area contributed by atoms with Gasteiger partial charge < -0.3 is 32.5 Å². The van der Waals surface area contributed by atoms with E-state index in [0.29, 0.717) is 4.90 Å². The van der Waals surface area contributed by atoms with Gasteiger partial charge in [0.15, 0.2) is 0 Å². The first kappa shape index (κ1) is 18.1. The summed E-state index contributed by atoms with van der Waals surface area (Å²) in [5, 5.41) is 11.0. The second-order valence-corrected chi connectivity index (χ2v) is 4.13. The molecule has 8 N–H and O–H groups in total.